The lowest BCUT2D eigenvalue weighted by molar-refractivity contribution is -0.153. The summed E-state index contributed by atoms with van der Waals surface area (Å²) < 4.78 is 5.16. The van der Waals surface area contributed by atoms with E-state index < -0.39 is 11.6 Å². The van der Waals surface area contributed by atoms with E-state index in [2.05, 4.69) is 31.0 Å². The largest absolute Gasteiger partial charge is 0.459 e. The number of nitrogens with one attached hydrogen (secondary N) is 1. The Balaban J connectivity index is 2.63. The first kappa shape index (κ1) is 19.0. The molecule has 0 heterocycles. The lowest BCUT2D eigenvalue weighted by Crippen LogP contribution is -2.34. The minimum Gasteiger partial charge on any atom is -0.459 e. The molecule has 0 radical (unpaired) electrons. The molecule has 0 aliphatic carbocycles. The smallest absolute Gasteiger partial charge is 0.325 e. The number of anilines is 1. The lowest BCUT2D eigenvalue weighted by Gasteiger charge is -2.27. The van der Waals surface area contributed by atoms with Gasteiger partial charge >= 0.3 is 5.97 Å². The molecule has 0 bridgehead atoms. The van der Waals surface area contributed by atoms with Gasteiger partial charge in [0.05, 0.1) is 0 Å². The molecular formula is C18H28N2O3. The molecule has 1 aromatic carbocycles. The average molecular weight is 320 g/mol. The second-order valence-corrected chi connectivity index (χ2v) is 6.70. The van der Waals surface area contributed by atoms with Gasteiger partial charge in [0.15, 0.2) is 0 Å². The van der Waals surface area contributed by atoms with E-state index in [4.69, 9.17) is 4.74 Å². The number of benzene rings is 1. The van der Waals surface area contributed by atoms with Gasteiger partial charge in [-0.2, -0.15) is 0 Å². The van der Waals surface area contributed by atoms with E-state index in [0.717, 1.165) is 12.2 Å². The molecule has 0 atom stereocenters. The highest BCUT2D eigenvalue weighted by Crippen LogP contribution is 2.17. The molecule has 1 aromatic rings. The standard InChI is InChI=1S/C18H28N2O3/c1-7-20(13(2)3)15-10-8-14(9-11-15)17(22)19-12-16(21)23-18(4,5)6/h8-11,13H,7,12H2,1-6H3,(H,19,22). The maximum atomic E-state index is 12.1. The van der Waals surface area contributed by atoms with Crippen LogP contribution in [0.2, 0.25) is 0 Å². The van der Waals surface area contributed by atoms with Gasteiger partial charge in [0.25, 0.3) is 5.91 Å². The number of ether oxygens (including phenoxy) is 1. The summed E-state index contributed by atoms with van der Waals surface area (Å²) in [6.07, 6.45) is 0. The first-order chi connectivity index (χ1) is 10.6. The van der Waals surface area contributed by atoms with Crippen molar-refractivity contribution >= 4 is 17.6 Å². The fourth-order valence-corrected chi connectivity index (χ4v) is 2.28. The van der Waals surface area contributed by atoms with Gasteiger partial charge in [-0.15, -0.1) is 0 Å². The highest BCUT2D eigenvalue weighted by molar-refractivity contribution is 5.96. The SMILES string of the molecule is CCN(c1ccc(C(=O)NCC(=O)OC(C)(C)C)cc1)C(C)C. The van der Waals surface area contributed by atoms with Crippen LogP contribution in [0.5, 0.6) is 0 Å². The maximum absolute atomic E-state index is 12.1. The lowest BCUT2D eigenvalue weighted by atomic mass is 10.1. The number of hydrogen-bond donors (Lipinski definition) is 1. The van der Waals surface area contributed by atoms with Crippen molar-refractivity contribution in [2.75, 3.05) is 18.0 Å². The van der Waals surface area contributed by atoms with Gasteiger partial charge in [0.2, 0.25) is 0 Å². The van der Waals surface area contributed by atoms with Crippen molar-refractivity contribution in [1.29, 1.82) is 0 Å². The van der Waals surface area contributed by atoms with Crippen LogP contribution in [0.4, 0.5) is 5.69 Å². The third kappa shape index (κ3) is 6.30. The van der Waals surface area contributed by atoms with Gasteiger partial charge in [-0.25, -0.2) is 0 Å². The summed E-state index contributed by atoms with van der Waals surface area (Å²) in [5, 5.41) is 2.58. The van der Waals surface area contributed by atoms with Crippen LogP contribution in [0, 0.1) is 0 Å². The summed E-state index contributed by atoms with van der Waals surface area (Å²) in [6, 6.07) is 7.78. The molecule has 1 amide bonds. The van der Waals surface area contributed by atoms with Gasteiger partial charge < -0.3 is 15.0 Å². The summed E-state index contributed by atoms with van der Waals surface area (Å²) in [7, 11) is 0. The van der Waals surface area contributed by atoms with E-state index in [1.807, 2.05) is 12.1 Å². The molecule has 23 heavy (non-hydrogen) atoms. The van der Waals surface area contributed by atoms with Crippen molar-refractivity contribution in [2.45, 2.75) is 53.2 Å². The average Bonchev–Trinajstić information content (AvgIpc) is 2.44. The first-order valence-electron chi connectivity index (χ1n) is 8.00. The Labute approximate surface area is 139 Å². The summed E-state index contributed by atoms with van der Waals surface area (Å²) in [5.41, 5.74) is 1.05. The van der Waals surface area contributed by atoms with E-state index in [0.29, 0.717) is 11.6 Å². The zero-order valence-electron chi connectivity index (χ0n) is 15.0. The van der Waals surface area contributed by atoms with Crippen molar-refractivity contribution in [3.05, 3.63) is 29.8 Å². The topological polar surface area (TPSA) is 58.6 Å². The third-order valence-corrected chi connectivity index (χ3v) is 3.24. The summed E-state index contributed by atoms with van der Waals surface area (Å²) in [5.74, 6) is -0.727. The molecule has 0 aliphatic rings. The number of esters is 1. The van der Waals surface area contributed by atoms with Crippen molar-refractivity contribution in [1.82, 2.24) is 5.32 Å². The molecule has 0 spiro atoms. The Bertz CT molecular complexity index is 530. The van der Waals surface area contributed by atoms with E-state index >= 15 is 0 Å². The number of carbonyl (C=O) groups excluding carboxylic acids is 2. The minimum absolute atomic E-state index is 0.134. The van der Waals surface area contributed by atoms with Crippen molar-refractivity contribution in [3.63, 3.8) is 0 Å². The van der Waals surface area contributed by atoms with E-state index in [-0.39, 0.29) is 12.5 Å². The molecule has 0 unspecified atom stereocenters. The summed E-state index contributed by atoms with van der Waals surface area (Å²) in [4.78, 5) is 25.9. The van der Waals surface area contributed by atoms with Gasteiger partial charge in [0, 0.05) is 23.8 Å². The number of carbonyl (C=O) groups is 2. The predicted octanol–water partition coefficient (Wildman–Crippen LogP) is 2.99. The Morgan fingerprint density at radius 3 is 2.17 bits per heavy atom. The highest BCUT2D eigenvalue weighted by atomic mass is 16.6. The van der Waals surface area contributed by atoms with Gasteiger partial charge in [-0.3, -0.25) is 9.59 Å². The molecule has 1 rings (SSSR count). The summed E-state index contributed by atoms with van der Waals surface area (Å²) >= 11 is 0. The van der Waals surface area contributed by atoms with Crippen LogP contribution in [0.3, 0.4) is 0 Å². The van der Waals surface area contributed by atoms with Gasteiger partial charge in [-0.05, 0) is 65.8 Å². The predicted molar refractivity (Wildman–Crippen MR) is 92.8 cm³/mol. The van der Waals surface area contributed by atoms with E-state index in [9.17, 15) is 9.59 Å². The molecule has 128 valence electrons. The molecule has 0 fully saturated rings. The van der Waals surface area contributed by atoms with Crippen molar-refractivity contribution < 1.29 is 14.3 Å². The number of nitrogens with zero attached hydrogens (tertiary/aromatic N) is 1. The fourth-order valence-electron chi connectivity index (χ4n) is 2.28. The highest BCUT2D eigenvalue weighted by Gasteiger charge is 2.17. The fraction of sp³-hybridized carbons (Fsp3) is 0.556. The van der Waals surface area contributed by atoms with E-state index in [1.165, 1.54) is 0 Å². The van der Waals surface area contributed by atoms with Crippen LogP contribution in [-0.4, -0.2) is 36.6 Å². The van der Waals surface area contributed by atoms with Gasteiger partial charge in [0.1, 0.15) is 12.1 Å². The zero-order valence-corrected chi connectivity index (χ0v) is 15.0. The maximum Gasteiger partial charge on any atom is 0.325 e. The second kappa shape index (κ2) is 7.99. The Morgan fingerprint density at radius 1 is 1.17 bits per heavy atom. The van der Waals surface area contributed by atoms with Crippen LogP contribution in [-0.2, 0) is 9.53 Å². The normalized spacial score (nSPS) is 11.3. The van der Waals surface area contributed by atoms with E-state index in [1.54, 1.807) is 32.9 Å². The Kier molecular flexibility index (Phi) is 6.61. The Hall–Kier alpha value is -2.04. The first-order valence-corrected chi connectivity index (χ1v) is 8.00. The second-order valence-electron chi connectivity index (χ2n) is 6.70. The molecular weight excluding hydrogens is 292 g/mol. The van der Waals surface area contributed by atoms with Crippen LogP contribution in [0.1, 0.15) is 51.9 Å². The van der Waals surface area contributed by atoms with Crippen LogP contribution >= 0.6 is 0 Å². The quantitative estimate of drug-likeness (QED) is 0.819. The number of rotatable bonds is 6. The molecule has 0 saturated carbocycles. The zero-order chi connectivity index (χ0) is 17.6. The molecule has 5 nitrogen and oxygen atoms in total. The van der Waals surface area contributed by atoms with Crippen LogP contribution in [0.25, 0.3) is 0 Å². The van der Waals surface area contributed by atoms with Crippen molar-refractivity contribution in [3.8, 4) is 0 Å². The molecule has 5 heteroatoms. The number of amides is 1. The molecule has 1 N–H and O–H groups in total. The molecule has 0 saturated heterocycles. The third-order valence-electron chi connectivity index (χ3n) is 3.24. The minimum atomic E-state index is -0.552. The molecule has 0 aromatic heterocycles. The Morgan fingerprint density at radius 2 is 1.74 bits per heavy atom. The van der Waals surface area contributed by atoms with Crippen molar-refractivity contribution in [2.24, 2.45) is 0 Å². The van der Waals surface area contributed by atoms with Crippen LogP contribution < -0.4 is 10.2 Å². The van der Waals surface area contributed by atoms with Gasteiger partial charge in [-0.1, -0.05) is 0 Å². The van der Waals surface area contributed by atoms with Crippen LogP contribution in [0.15, 0.2) is 24.3 Å². The monoisotopic (exact) mass is 320 g/mol. The summed E-state index contributed by atoms with van der Waals surface area (Å²) in [6.45, 7) is 12.5. The number of hydrogen-bond acceptors (Lipinski definition) is 4. The molecule has 0 aliphatic heterocycles.